The van der Waals surface area contributed by atoms with Gasteiger partial charge in [0, 0.05) is 25.0 Å². The van der Waals surface area contributed by atoms with Crippen LogP contribution in [0.1, 0.15) is 32.6 Å². The number of hydrogen-bond donors (Lipinski definition) is 0. The molecule has 0 rings (SSSR count). The van der Waals surface area contributed by atoms with Crippen molar-refractivity contribution in [3.8, 4) is 0 Å². The molecule has 0 aromatic carbocycles. The van der Waals surface area contributed by atoms with E-state index in [0.29, 0.717) is 11.8 Å². The average Bonchev–Trinajstić information content (AvgIpc) is 2.25. The van der Waals surface area contributed by atoms with Crippen molar-refractivity contribution in [2.24, 2.45) is 0 Å². The van der Waals surface area contributed by atoms with E-state index >= 15 is 0 Å². The molecule has 1 nitrogen and oxygen atoms in total. The van der Waals surface area contributed by atoms with Crippen molar-refractivity contribution in [1.82, 2.24) is 0 Å². The van der Waals surface area contributed by atoms with Crippen LogP contribution in [0.3, 0.4) is 0 Å². The van der Waals surface area contributed by atoms with Gasteiger partial charge in [-0.15, -0.1) is 0 Å². The number of thioether (sulfide) groups is 1. The summed E-state index contributed by atoms with van der Waals surface area (Å²) in [6.07, 6.45) is -2.68. The first-order chi connectivity index (χ1) is 7.77. The van der Waals surface area contributed by atoms with Crippen molar-refractivity contribution in [1.29, 1.82) is 0 Å². The molecular weight excluding hydrogens is 263 g/mol. The van der Waals surface area contributed by atoms with E-state index in [1.165, 1.54) is 0 Å². The fourth-order valence-electron chi connectivity index (χ4n) is 1.05. The molecule has 0 N–H and O–H groups in total. The van der Waals surface area contributed by atoms with Gasteiger partial charge in [-0.05, 0) is 6.42 Å². The van der Waals surface area contributed by atoms with Crippen molar-refractivity contribution >= 4 is 16.9 Å². The molecule has 0 heterocycles. The third-order valence-corrected chi connectivity index (χ3v) is 3.15. The van der Waals surface area contributed by atoms with E-state index in [4.69, 9.17) is 0 Å². The largest absolute Gasteiger partial charge is 0.311 e. The first-order valence-corrected chi connectivity index (χ1v) is 6.22. The minimum atomic E-state index is -4.21. The van der Waals surface area contributed by atoms with Crippen LogP contribution < -0.4 is 0 Å². The molecule has 0 saturated heterocycles. The number of halogens is 5. The van der Waals surface area contributed by atoms with Crippen molar-refractivity contribution in [3.05, 3.63) is 0 Å². The van der Waals surface area contributed by atoms with Gasteiger partial charge in [-0.2, -0.15) is 17.6 Å². The van der Waals surface area contributed by atoms with Gasteiger partial charge in [0.2, 0.25) is 0 Å². The summed E-state index contributed by atoms with van der Waals surface area (Å²) in [6, 6.07) is 0. The van der Waals surface area contributed by atoms with E-state index in [9.17, 15) is 26.7 Å². The van der Waals surface area contributed by atoms with Crippen LogP contribution in [0.15, 0.2) is 0 Å². The Hall–Kier alpha value is -0.330. The Morgan fingerprint density at radius 3 is 2.12 bits per heavy atom. The minimum absolute atomic E-state index is 0.175. The molecule has 0 aliphatic rings. The second kappa shape index (κ2) is 7.18. The van der Waals surface area contributed by atoms with Crippen molar-refractivity contribution in [2.45, 2.75) is 44.5 Å². The molecule has 7 heteroatoms. The normalized spacial score (nSPS) is 12.8. The molecule has 0 aromatic rings. The Morgan fingerprint density at radius 1 is 1.12 bits per heavy atom. The smallest absolute Gasteiger partial charge is 0.287 e. The van der Waals surface area contributed by atoms with Gasteiger partial charge in [-0.3, -0.25) is 9.18 Å². The number of rotatable bonds is 8. The predicted octanol–water partition coefficient (Wildman–Crippen LogP) is 4.07. The lowest BCUT2D eigenvalue weighted by Crippen LogP contribution is -2.41. The van der Waals surface area contributed by atoms with Crippen molar-refractivity contribution < 1.29 is 26.7 Å². The second-order valence-corrected chi connectivity index (χ2v) is 4.68. The van der Waals surface area contributed by atoms with E-state index in [0.717, 1.165) is 0 Å². The van der Waals surface area contributed by atoms with E-state index in [1.807, 2.05) is 0 Å². The molecule has 0 atom stereocenters. The quantitative estimate of drug-likeness (QED) is 0.623. The second-order valence-electron chi connectivity index (χ2n) is 3.53. The highest BCUT2D eigenvalue weighted by atomic mass is 32.2. The van der Waals surface area contributed by atoms with Crippen LogP contribution in [0.2, 0.25) is 0 Å². The average molecular weight is 278 g/mol. The van der Waals surface area contributed by atoms with E-state index in [-0.39, 0.29) is 17.3 Å². The summed E-state index contributed by atoms with van der Waals surface area (Å²) in [4.78, 5) is 10.8. The van der Waals surface area contributed by atoms with E-state index in [2.05, 4.69) is 0 Å². The molecule has 0 bridgehead atoms. The van der Waals surface area contributed by atoms with E-state index < -0.39 is 37.8 Å². The first-order valence-electron chi connectivity index (χ1n) is 5.24. The topological polar surface area (TPSA) is 17.1 Å². The van der Waals surface area contributed by atoms with Crippen LogP contribution in [0.4, 0.5) is 22.0 Å². The summed E-state index contributed by atoms with van der Waals surface area (Å²) < 4.78 is 63.8. The Kier molecular flexibility index (Phi) is 7.04. The molecule has 102 valence electrons. The highest BCUT2D eigenvalue weighted by Crippen LogP contribution is 2.41. The summed E-state index contributed by atoms with van der Waals surface area (Å²) in [6.45, 7) is 0.512. The van der Waals surface area contributed by atoms with Gasteiger partial charge in [0.1, 0.15) is 0 Å². The first kappa shape index (κ1) is 16.7. The summed E-state index contributed by atoms with van der Waals surface area (Å²) in [5.41, 5.74) is 0. The molecule has 0 saturated carbocycles. The maximum absolute atomic E-state index is 13.1. The van der Waals surface area contributed by atoms with Gasteiger partial charge in [0.05, 0.1) is 6.67 Å². The predicted molar refractivity (Wildman–Crippen MR) is 57.5 cm³/mol. The Balaban J connectivity index is 4.20. The van der Waals surface area contributed by atoms with Gasteiger partial charge in [-0.25, -0.2) is 0 Å². The lowest BCUT2D eigenvalue weighted by Gasteiger charge is -2.26. The molecular formula is C10H15F5OS. The monoisotopic (exact) mass is 278 g/mol. The van der Waals surface area contributed by atoms with Gasteiger partial charge in [-0.1, -0.05) is 18.7 Å². The zero-order chi connectivity index (χ0) is 13.5. The van der Waals surface area contributed by atoms with E-state index in [1.54, 1.807) is 6.92 Å². The minimum Gasteiger partial charge on any atom is -0.287 e. The lowest BCUT2D eigenvalue weighted by molar-refractivity contribution is -0.213. The summed E-state index contributed by atoms with van der Waals surface area (Å²) in [5.74, 6) is -8.76. The SMILES string of the molecule is CCC(=O)SCCC(F)(F)C(F)(F)CCCF. The summed E-state index contributed by atoms with van der Waals surface area (Å²) >= 11 is 0.617. The lowest BCUT2D eigenvalue weighted by atomic mass is 10.0. The fraction of sp³-hybridized carbons (Fsp3) is 0.900. The number of carbonyl (C=O) groups excluding carboxylic acids is 1. The number of alkyl halides is 5. The number of hydrogen-bond acceptors (Lipinski definition) is 2. The van der Waals surface area contributed by atoms with Crippen LogP contribution >= 0.6 is 11.8 Å². The summed E-state index contributed by atoms with van der Waals surface area (Å²) in [5, 5.41) is -0.312. The van der Waals surface area contributed by atoms with Crippen molar-refractivity contribution in [2.75, 3.05) is 12.4 Å². The third kappa shape index (κ3) is 5.70. The molecule has 0 radical (unpaired) electrons. The van der Waals surface area contributed by atoms with Crippen LogP contribution in [-0.2, 0) is 4.79 Å². The third-order valence-electron chi connectivity index (χ3n) is 2.13. The Bertz CT molecular complexity index is 245. The molecule has 0 aliphatic carbocycles. The molecule has 17 heavy (non-hydrogen) atoms. The highest BCUT2D eigenvalue weighted by Gasteiger charge is 2.54. The van der Waals surface area contributed by atoms with Crippen LogP contribution in [0, 0.1) is 0 Å². The highest BCUT2D eigenvalue weighted by molar-refractivity contribution is 8.13. The van der Waals surface area contributed by atoms with Crippen LogP contribution in [0.5, 0.6) is 0 Å². The number of carbonyl (C=O) groups is 1. The molecule has 0 aromatic heterocycles. The molecule has 0 unspecified atom stereocenters. The van der Waals surface area contributed by atoms with Crippen LogP contribution in [-0.4, -0.2) is 29.4 Å². The van der Waals surface area contributed by atoms with Crippen LogP contribution in [0.25, 0.3) is 0 Å². The molecule has 0 aliphatic heterocycles. The van der Waals surface area contributed by atoms with Gasteiger partial charge in [0.15, 0.2) is 5.12 Å². The van der Waals surface area contributed by atoms with Gasteiger partial charge in [0.25, 0.3) is 0 Å². The van der Waals surface area contributed by atoms with Crippen molar-refractivity contribution in [3.63, 3.8) is 0 Å². The van der Waals surface area contributed by atoms with Gasteiger partial charge >= 0.3 is 11.8 Å². The molecule has 0 spiro atoms. The summed E-state index contributed by atoms with van der Waals surface area (Å²) in [7, 11) is 0. The maximum atomic E-state index is 13.1. The standard InChI is InChI=1S/C10H15F5OS/c1-2-8(16)17-7-5-10(14,15)9(12,13)4-3-6-11/h2-7H2,1H3. The molecule has 0 fully saturated rings. The van der Waals surface area contributed by atoms with Gasteiger partial charge < -0.3 is 0 Å². The fourth-order valence-corrected chi connectivity index (χ4v) is 1.84. The Labute approximate surface area is 101 Å². The zero-order valence-corrected chi connectivity index (χ0v) is 10.3. The maximum Gasteiger partial charge on any atom is 0.311 e. The molecule has 0 amide bonds. The Morgan fingerprint density at radius 2 is 1.65 bits per heavy atom. The zero-order valence-electron chi connectivity index (χ0n) is 9.45.